The number of anilines is 1. The van der Waals surface area contributed by atoms with E-state index in [2.05, 4.69) is 29.4 Å². The average Bonchev–Trinajstić information content (AvgIpc) is 2.54. The molecule has 0 aliphatic carbocycles. The molecule has 0 aromatic heterocycles. The predicted octanol–water partition coefficient (Wildman–Crippen LogP) is 4.46. The number of guanidine groups is 1. The van der Waals surface area contributed by atoms with Crippen molar-refractivity contribution in [3.8, 4) is 5.75 Å². The molecular formula is C17H21ClIN3O. The molecule has 0 aliphatic heterocycles. The highest BCUT2D eigenvalue weighted by molar-refractivity contribution is 14.0. The third-order valence-corrected chi connectivity index (χ3v) is 3.54. The van der Waals surface area contributed by atoms with E-state index >= 15 is 0 Å². The Labute approximate surface area is 159 Å². The maximum atomic E-state index is 5.94. The number of aliphatic imine (C=N–C) groups is 1. The van der Waals surface area contributed by atoms with E-state index in [1.807, 2.05) is 24.3 Å². The number of halogens is 2. The van der Waals surface area contributed by atoms with E-state index in [-0.39, 0.29) is 24.0 Å². The van der Waals surface area contributed by atoms with Crippen molar-refractivity contribution in [1.29, 1.82) is 0 Å². The van der Waals surface area contributed by atoms with Crippen LogP contribution in [0.15, 0.2) is 47.5 Å². The van der Waals surface area contributed by atoms with Crippen LogP contribution < -0.4 is 15.8 Å². The normalized spacial score (nSPS) is 10.8. The van der Waals surface area contributed by atoms with Crippen LogP contribution >= 0.6 is 35.6 Å². The summed E-state index contributed by atoms with van der Waals surface area (Å²) >= 11 is 5.94. The van der Waals surface area contributed by atoms with Crippen LogP contribution in [0.3, 0.4) is 0 Å². The largest absolute Gasteiger partial charge is 0.496 e. The van der Waals surface area contributed by atoms with Gasteiger partial charge in [-0.2, -0.15) is 0 Å². The fourth-order valence-electron chi connectivity index (χ4n) is 2.03. The lowest BCUT2D eigenvalue weighted by atomic mass is 10.1. The van der Waals surface area contributed by atoms with Gasteiger partial charge in [0.05, 0.1) is 13.7 Å². The number of hydrogen-bond donors (Lipinski definition) is 2. The topological polar surface area (TPSA) is 59.6 Å². The first-order valence-corrected chi connectivity index (χ1v) is 7.48. The van der Waals surface area contributed by atoms with Crippen LogP contribution in [-0.4, -0.2) is 13.1 Å². The van der Waals surface area contributed by atoms with Crippen molar-refractivity contribution in [1.82, 2.24) is 0 Å². The van der Waals surface area contributed by atoms with Crippen LogP contribution in [0.2, 0.25) is 5.02 Å². The molecule has 0 fully saturated rings. The standard InChI is InChI=1S/C17H20ClN3O.HI/c1-3-12-4-8-15(9-5-12)21-17(19)20-11-13-6-7-14(18)10-16(13)22-2;/h4-10H,3,11H2,1-2H3,(H3,19,20,21);1H. The number of aryl methyl sites for hydroxylation is 1. The monoisotopic (exact) mass is 445 g/mol. The van der Waals surface area contributed by atoms with Gasteiger partial charge in [0.15, 0.2) is 5.96 Å². The number of nitrogens with one attached hydrogen (secondary N) is 1. The Hall–Kier alpha value is -1.47. The molecular weight excluding hydrogens is 425 g/mol. The quantitative estimate of drug-likeness (QED) is 0.406. The van der Waals surface area contributed by atoms with Crippen LogP contribution in [0.1, 0.15) is 18.1 Å². The number of hydrogen-bond acceptors (Lipinski definition) is 2. The summed E-state index contributed by atoms with van der Waals surface area (Å²) in [5.41, 5.74) is 9.05. The van der Waals surface area contributed by atoms with E-state index in [9.17, 15) is 0 Å². The highest BCUT2D eigenvalue weighted by Crippen LogP contribution is 2.23. The van der Waals surface area contributed by atoms with Gasteiger partial charge in [-0.25, -0.2) is 4.99 Å². The number of nitrogens with two attached hydrogens (primary N) is 1. The molecule has 0 radical (unpaired) electrons. The molecule has 0 atom stereocenters. The molecule has 0 amide bonds. The van der Waals surface area contributed by atoms with Crippen molar-refractivity contribution >= 4 is 47.2 Å². The molecule has 0 spiro atoms. The summed E-state index contributed by atoms with van der Waals surface area (Å²) in [6.07, 6.45) is 1.01. The van der Waals surface area contributed by atoms with Gasteiger partial charge in [-0.1, -0.05) is 36.7 Å². The van der Waals surface area contributed by atoms with Crippen molar-refractivity contribution in [2.24, 2.45) is 10.7 Å². The van der Waals surface area contributed by atoms with Gasteiger partial charge >= 0.3 is 0 Å². The minimum absolute atomic E-state index is 0. The molecule has 3 N–H and O–H groups in total. The Kier molecular flexibility index (Phi) is 8.19. The van der Waals surface area contributed by atoms with Crippen molar-refractivity contribution in [2.45, 2.75) is 19.9 Å². The van der Waals surface area contributed by atoms with Gasteiger partial charge in [0, 0.05) is 16.3 Å². The first-order chi connectivity index (χ1) is 10.6. The second-order valence-corrected chi connectivity index (χ2v) is 5.27. The molecule has 0 saturated carbocycles. The van der Waals surface area contributed by atoms with Crippen LogP contribution in [0, 0.1) is 0 Å². The molecule has 2 aromatic rings. The number of rotatable bonds is 5. The zero-order chi connectivity index (χ0) is 15.9. The van der Waals surface area contributed by atoms with Crippen LogP contribution in [0.5, 0.6) is 5.75 Å². The van der Waals surface area contributed by atoms with Crippen LogP contribution in [-0.2, 0) is 13.0 Å². The molecule has 2 rings (SSSR count). The lowest BCUT2D eigenvalue weighted by Crippen LogP contribution is -2.22. The first kappa shape index (κ1) is 19.6. The average molecular weight is 446 g/mol. The van der Waals surface area contributed by atoms with Crippen molar-refractivity contribution < 1.29 is 4.74 Å². The Morgan fingerprint density at radius 1 is 1.22 bits per heavy atom. The molecule has 23 heavy (non-hydrogen) atoms. The van der Waals surface area contributed by atoms with Gasteiger partial charge < -0.3 is 15.8 Å². The Bertz CT molecular complexity index is 659. The maximum Gasteiger partial charge on any atom is 0.193 e. The molecule has 0 heterocycles. The highest BCUT2D eigenvalue weighted by Gasteiger charge is 2.03. The minimum Gasteiger partial charge on any atom is -0.496 e. The summed E-state index contributed by atoms with van der Waals surface area (Å²) in [4.78, 5) is 4.33. The SMILES string of the molecule is CCc1ccc(NC(N)=NCc2ccc(Cl)cc2OC)cc1.I. The third-order valence-electron chi connectivity index (χ3n) is 3.30. The summed E-state index contributed by atoms with van der Waals surface area (Å²) < 4.78 is 5.29. The molecule has 4 nitrogen and oxygen atoms in total. The second kappa shape index (κ2) is 9.62. The van der Waals surface area contributed by atoms with Gasteiger partial charge in [0.1, 0.15) is 5.75 Å². The molecule has 2 aromatic carbocycles. The molecule has 0 saturated heterocycles. The summed E-state index contributed by atoms with van der Waals surface area (Å²) in [6, 6.07) is 13.6. The van der Waals surface area contributed by atoms with Gasteiger partial charge in [0.25, 0.3) is 0 Å². The zero-order valence-corrected chi connectivity index (χ0v) is 16.3. The summed E-state index contributed by atoms with van der Waals surface area (Å²) in [5, 5.41) is 3.70. The van der Waals surface area contributed by atoms with Gasteiger partial charge in [-0.05, 0) is 36.2 Å². The minimum atomic E-state index is 0. The maximum absolute atomic E-state index is 5.94. The predicted molar refractivity (Wildman–Crippen MR) is 108 cm³/mol. The Balaban J connectivity index is 0.00000264. The molecule has 0 bridgehead atoms. The first-order valence-electron chi connectivity index (χ1n) is 7.10. The van der Waals surface area contributed by atoms with Crippen LogP contribution in [0.4, 0.5) is 5.69 Å². The lowest BCUT2D eigenvalue weighted by Gasteiger charge is -2.09. The number of ether oxygens (including phenoxy) is 1. The second-order valence-electron chi connectivity index (χ2n) is 4.83. The molecule has 0 aliphatic rings. The van der Waals surface area contributed by atoms with E-state index in [0.717, 1.165) is 17.7 Å². The van der Waals surface area contributed by atoms with E-state index in [1.165, 1.54) is 5.56 Å². The zero-order valence-electron chi connectivity index (χ0n) is 13.2. The van der Waals surface area contributed by atoms with Gasteiger partial charge in [-0.3, -0.25) is 0 Å². The lowest BCUT2D eigenvalue weighted by molar-refractivity contribution is 0.410. The number of methoxy groups -OCH3 is 1. The molecule has 0 unspecified atom stereocenters. The van der Waals surface area contributed by atoms with Crippen LogP contribution in [0.25, 0.3) is 0 Å². The van der Waals surface area contributed by atoms with E-state index in [1.54, 1.807) is 13.2 Å². The Morgan fingerprint density at radius 3 is 2.52 bits per heavy atom. The highest BCUT2D eigenvalue weighted by atomic mass is 127. The molecule has 124 valence electrons. The third kappa shape index (κ3) is 5.91. The smallest absolute Gasteiger partial charge is 0.193 e. The number of benzene rings is 2. The summed E-state index contributed by atoms with van der Waals surface area (Å²) in [5.74, 6) is 1.07. The number of nitrogens with zero attached hydrogens (tertiary/aromatic N) is 1. The van der Waals surface area contributed by atoms with E-state index < -0.39 is 0 Å². The van der Waals surface area contributed by atoms with Gasteiger partial charge in [0.2, 0.25) is 0 Å². The summed E-state index contributed by atoms with van der Waals surface area (Å²) in [7, 11) is 1.61. The van der Waals surface area contributed by atoms with E-state index in [0.29, 0.717) is 23.3 Å². The van der Waals surface area contributed by atoms with Gasteiger partial charge in [-0.15, -0.1) is 24.0 Å². The van der Waals surface area contributed by atoms with Crippen molar-refractivity contribution in [3.63, 3.8) is 0 Å². The fraction of sp³-hybridized carbons (Fsp3) is 0.235. The van der Waals surface area contributed by atoms with Crippen molar-refractivity contribution in [3.05, 3.63) is 58.6 Å². The van der Waals surface area contributed by atoms with Crippen molar-refractivity contribution in [2.75, 3.05) is 12.4 Å². The molecule has 6 heteroatoms. The Morgan fingerprint density at radius 2 is 1.91 bits per heavy atom. The van der Waals surface area contributed by atoms with E-state index in [4.69, 9.17) is 22.1 Å². The fourth-order valence-corrected chi connectivity index (χ4v) is 2.19. The summed E-state index contributed by atoms with van der Waals surface area (Å²) in [6.45, 7) is 2.55.